The van der Waals surface area contributed by atoms with E-state index in [1.165, 1.54) is 13.8 Å². The van der Waals surface area contributed by atoms with E-state index in [1.54, 1.807) is 0 Å². The molecule has 1 rings (SSSR count). The largest absolute Gasteiger partial charge is 0.368 e. The molecule has 2 unspecified atom stereocenters. The lowest BCUT2D eigenvalue weighted by atomic mass is 10.2. The molecule has 0 saturated carbocycles. The van der Waals surface area contributed by atoms with Crippen LogP contribution in [0.25, 0.3) is 0 Å². The molecule has 0 aromatic carbocycles. The van der Waals surface area contributed by atoms with E-state index in [-0.39, 0.29) is 6.10 Å². The van der Waals surface area contributed by atoms with Crippen molar-refractivity contribution in [1.82, 2.24) is 0 Å². The second-order valence-electron chi connectivity index (χ2n) is 3.52. The van der Waals surface area contributed by atoms with Gasteiger partial charge in [0.2, 0.25) is 0 Å². The minimum absolute atomic E-state index is 0.102. The minimum Gasteiger partial charge on any atom is -0.368 e. The Morgan fingerprint density at radius 3 is 2.00 bits per heavy atom. The average Bonchev–Trinajstić information content (AvgIpc) is 2.31. The van der Waals surface area contributed by atoms with Gasteiger partial charge < -0.3 is 25.8 Å². The third kappa shape index (κ3) is 9.72. The summed E-state index contributed by atoms with van der Waals surface area (Å²) in [6.07, 6.45) is 1.19. The summed E-state index contributed by atoms with van der Waals surface area (Å²) in [5.74, 6) is -1.50. The first-order valence-electron chi connectivity index (χ1n) is 4.31. The summed E-state index contributed by atoms with van der Waals surface area (Å²) >= 11 is 0. The summed E-state index contributed by atoms with van der Waals surface area (Å²) in [6, 6.07) is 0. The third-order valence-corrected chi connectivity index (χ3v) is 1.35. The van der Waals surface area contributed by atoms with Crippen molar-refractivity contribution in [2.24, 2.45) is 5.73 Å². The molecule has 1 aliphatic rings. The van der Waals surface area contributed by atoms with Crippen LogP contribution in [0, 0.1) is 0 Å². The molecule has 0 radical (unpaired) electrons. The topological polar surface area (TPSA) is 95.9 Å². The molecule has 5 heteroatoms. The van der Waals surface area contributed by atoms with Crippen molar-refractivity contribution < 1.29 is 20.1 Å². The predicted molar refractivity (Wildman–Crippen MR) is 47.7 cm³/mol. The first kappa shape index (κ1) is 12.8. The van der Waals surface area contributed by atoms with Crippen LogP contribution >= 0.6 is 0 Å². The maximum atomic E-state index is 8.75. The van der Waals surface area contributed by atoms with Gasteiger partial charge in [-0.05, 0) is 20.3 Å². The van der Waals surface area contributed by atoms with Gasteiger partial charge in [0, 0.05) is 13.0 Å². The zero-order chi connectivity index (χ0) is 10.5. The number of nitrogens with two attached hydrogens (primary N) is 1. The molecule has 0 amide bonds. The van der Waals surface area contributed by atoms with E-state index in [2.05, 4.69) is 0 Å². The highest BCUT2D eigenvalue weighted by atomic mass is 16.6. The van der Waals surface area contributed by atoms with Crippen LogP contribution in [0.3, 0.4) is 0 Å². The van der Waals surface area contributed by atoms with Gasteiger partial charge in [-0.2, -0.15) is 0 Å². The van der Waals surface area contributed by atoms with Gasteiger partial charge in [-0.3, -0.25) is 0 Å². The van der Waals surface area contributed by atoms with Crippen LogP contribution in [-0.2, 0) is 4.74 Å². The highest BCUT2D eigenvalue weighted by Crippen LogP contribution is 2.15. The molecule has 1 fully saturated rings. The SMILES string of the molecule is CC(C)(O)O.NCC1CCC(O)O1. The summed E-state index contributed by atoms with van der Waals surface area (Å²) in [5.41, 5.74) is 5.26. The molecule has 0 aromatic heterocycles. The monoisotopic (exact) mass is 193 g/mol. The van der Waals surface area contributed by atoms with Crippen LogP contribution < -0.4 is 5.73 Å². The fraction of sp³-hybridized carbons (Fsp3) is 1.00. The lowest BCUT2D eigenvalue weighted by Crippen LogP contribution is -2.20. The molecule has 1 heterocycles. The van der Waals surface area contributed by atoms with Crippen LogP contribution in [0.5, 0.6) is 0 Å². The van der Waals surface area contributed by atoms with E-state index in [4.69, 9.17) is 25.8 Å². The van der Waals surface area contributed by atoms with Crippen LogP contribution in [0.2, 0.25) is 0 Å². The Morgan fingerprint density at radius 2 is 1.85 bits per heavy atom. The summed E-state index contributed by atoms with van der Waals surface area (Å²) < 4.78 is 4.94. The number of aliphatic hydroxyl groups is 3. The average molecular weight is 193 g/mol. The predicted octanol–water partition coefficient (Wildman–Crippen LogP) is -0.850. The van der Waals surface area contributed by atoms with E-state index in [0.29, 0.717) is 6.54 Å². The number of aliphatic hydroxyl groups excluding tert-OH is 1. The van der Waals surface area contributed by atoms with E-state index in [0.717, 1.165) is 12.8 Å². The smallest absolute Gasteiger partial charge is 0.156 e. The lowest BCUT2D eigenvalue weighted by molar-refractivity contribution is -0.127. The minimum atomic E-state index is -1.50. The second-order valence-corrected chi connectivity index (χ2v) is 3.52. The number of hydrogen-bond donors (Lipinski definition) is 4. The zero-order valence-corrected chi connectivity index (χ0v) is 8.10. The van der Waals surface area contributed by atoms with Crippen molar-refractivity contribution in [2.75, 3.05) is 6.54 Å². The van der Waals surface area contributed by atoms with Crippen LogP contribution in [0.4, 0.5) is 0 Å². The first-order valence-corrected chi connectivity index (χ1v) is 4.31. The van der Waals surface area contributed by atoms with E-state index in [1.807, 2.05) is 0 Å². The van der Waals surface area contributed by atoms with Gasteiger partial charge in [-0.15, -0.1) is 0 Å². The van der Waals surface area contributed by atoms with Crippen LogP contribution in [0.1, 0.15) is 26.7 Å². The molecule has 80 valence electrons. The summed E-state index contributed by atoms with van der Waals surface area (Å²) in [6.45, 7) is 3.12. The molecule has 0 aromatic rings. The van der Waals surface area contributed by atoms with Gasteiger partial charge in [0.25, 0.3) is 0 Å². The van der Waals surface area contributed by atoms with Crippen molar-refractivity contribution >= 4 is 0 Å². The fourth-order valence-electron chi connectivity index (χ4n) is 0.860. The van der Waals surface area contributed by atoms with Gasteiger partial charge in [-0.25, -0.2) is 0 Å². The highest BCUT2D eigenvalue weighted by Gasteiger charge is 2.20. The zero-order valence-electron chi connectivity index (χ0n) is 8.10. The molecule has 13 heavy (non-hydrogen) atoms. The maximum Gasteiger partial charge on any atom is 0.156 e. The fourth-order valence-corrected chi connectivity index (χ4v) is 0.860. The van der Waals surface area contributed by atoms with Gasteiger partial charge in [0.1, 0.15) is 0 Å². The quantitative estimate of drug-likeness (QED) is 0.407. The summed E-state index contributed by atoms with van der Waals surface area (Å²) in [7, 11) is 0. The van der Waals surface area contributed by atoms with Gasteiger partial charge in [-0.1, -0.05) is 0 Å². The third-order valence-electron chi connectivity index (χ3n) is 1.35. The van der Waals surface area contributed by atoms with Gasteiger partial charge in [0.15, 0.2) is 12.1 Å². The summed E-state index contributed by atoms with van der Waals surface area (Å²) in [4.78, 5) is 0. The van der Waals surface area contributed by atoms with Crippen molar-refractivity contribution in [3.05, 3.63) is 0 Å². The van der Waals surface area contributed by atoms with Crippen molar-refractivity contribution in [3.8, 4) is 0 Å². The number of ether oxygens (including phenoxy) is 1. The Kier molecular flexibility index (Phi) is 5.43. The lowest BCUT2D eigenvalue weighted by Gasteiger charge is -2.04. The summed E-state index contributed by atoms with van der Waals surface area (Å²) in [5, 5.41) is 24.9. The molecule has 0 aliphatic carbocycles. The molecule has 5 nitrogen and oxygen atoms in total. The Balaban J connectivity index is 0.000000252. The number of rotatable bonds is 1. The second kappa shape index (κ2) is 5.51. The van der Waals surface area contributed by atoms with Crippen molar-refractivity contribution in [2.45, 2.75) is 44.9 Å². The molecule has 1 aliphatic heterocycles. The molecule has 2 atom stereocenters. The van der Waals surface area contributed by atoms with Gasteiger partial charge in [0.05, 0.1) is 6.10 Å². The number of hydrogen-bond acceptors (Lipinski definition) is 5. The molecular formula is C8H19NO4. The molecule has 0 bridgehead atoms. The van der Waals surface area contributed by atoms with Crippen molar-refractivity contribution in [3.63, 3.8) is 0 Å². The molecule has 1 saturated heterocycles. The highest BCUT2D eigenvalue weighted by molar-refractivity contribution is 4.66. The molecular weight excluding hydrogens is 174 g/mol. The Hall–Kier alpha value is -0.200. The maximum absolute atomic E-state index is 8.75. The van der Waals surface area contributed by atoms with Gasteiger partial charge >= 0.3 is 0 Å². The van der Waals surface area contributed by atoms with E-state index in [9.17, 15) is 0 Å². The Bertz CT molecular complexity index is 129. The normalized spacial score (nSPS) is 28.2. The Morgan fingerprint density at radius 1 is 1.38 bits per heavy atom. The van der Waals surface area contributed by atoms with E-state index < -0.39 is 12.1 Å². The standard InChI is InChI=1S/C5H11NO2.C3H8O2/c6-3-4-1-2-5(7)8-4;1-3(2,4)5/h4-5,7H,1-3,6H2;4-5H,1-2H3. The molecule has 5 N–H and O–H groups in total. The first-order chi connectivity index (χ1) is 5.83. The van der Waals surface area contributed by atoms with E-state index >= 15 is 0 Å². The van der Waals surface area contributed by atoms with Crippen LogP contribution in [0.15, 0.2) is 0 Å². The molecule has 0 spiro atoms. The van der Waals surface area contributed by atoms with Crippen molar-refractivity contribution in [1.29, 1.82) is 0 Å². The Labute approximate surface area is 78.1 Å². The van der Waals surface area contributed by atoms with Crippen LogP contribution in [-0.4, -0.2) is 40.0 Å².